The van der Waals surface area contributed by atoms with Gasteiger partial charge in [0.15, 0.2) is 0 Å². The molecular weight excluding hydrogens is 202 g/mol. The van der Waals surface area contributed by atoms with E-state index in [1.54, 1.807) is 6.08 Å². The largest absolute Gasteiger partial charge is 0.493 e. The van der Waals surface area contributed by atoms with Crippen molar-refractivity contribution in [3.8, 4) is 5.75 Å². The van der Waals surface area contributed by atoms with Crippen LogP contribution in [0, 0.1) is 0 Å². The van der Waals surface area contributed by atoms with Crippen molar-refractivity contribution in [1.82, 2.24) is 0 Å². The quantitative estimate of drug-likeness (QED) is 0.561. The molecule has 0 atom stereocenters. The molecule has 1 fully saturated rings. The molecule has 1 saturated carbocycles. The van der Waals surface area contributed by atoms with E-state index in [0.29, 0.717) is 0 Å². The molecule has 1 aromatic rings. The second kappa shape index (κ2) is 3.46. The van der Waals surface area contributed by atoms with E-state index in [-0.39, 0.29) is 5.54 Å². The van der Waals surface area contributed by atoms with Gasteiger partial charge in [-0.15, -0.1) is 0 Å². The number of para-hydroxylation sites is 1. The van der Waals surface area contributed by atoms with Crippen molar-refractivity contribution in [2.75, 3.05) is 6.61 Å². The fourth-order valence-electron chi connectivity index (χ4n) is 2.62. The first-order valence-electron chi connectivity index (χ1n) is 5.70. The number of fused-ring (bicyclic) bond motifs is 1. The molecule has 3 rings (SSSR count). The van der Waals surface area contributed by atoms with E-state index in [1.807, 2.05) is 12.1 Å². The number of carbonyl (C=O) groups excluding carboxylic acids is 1. The molecule has 0 saturated heterocycles. The number of benzene rings is 1. The average molecular weight is 215 g/mol. The predicted molar refractivity (Wildman–Crippen MR) is 59.3 cm³/mol. The van der Waals surface area contributed by atoms with E-state index in [9.17, 15) is 4.79 Å². The van der Waals surface area contributed by atoms with Crippen LogP contribution >= 0.6 is 0 Å². The van der Waals surface area contributed by atoms with Crippen LogP contribution in [0.1, 0.15) is 30.4 Å². The zero-order valence-corrected chi connectivity index (χ0v) is 9.03. The predicted octanol–water partition coefficient (Wildman–Crippen LogP) is 2.34. The lowest BCUT2D eigenvalue weighted by Gasteiger charge is -2.37. The SMILES string of the molecule is O=C=NC1(c2cccc3c2OCC3)CCC1. The van der Waals surface area contributed by atoms with Crippen LogP contribution in [0.25, 0.3) is 0 Å². The van der Waals surface area contributed by atoms with Gasteiger partial charge in [0.1, 0.15) is 11.3 Å². The third-order valence-electron chi connectivity index (χ3n) is 3.66. The van der Waals surface area contributed by atoms with Crippen LogP contribution in [0.3, 0.4) is 0 Å². The summed E-state index contributed by atoms with van der Waals surface area (Å²) in [4.78, 5) is 14.6. The van der Waals surface area contributed by atoms with E-state index in [4.69, 9.17) is 4.74 Å². The monoisotopic (exact) mass is 215 g/mol. The average Bonchev–Trinajstić information content (AvgIpc) is 2.71. The Bertz CT molecular complexity index is 471. The summed E-state index contributed by atoms with van der Waals surface area (Å²) in [6.07, 6.45) is 5.67. The van der Waals surface area contributed by atoms with Crippen molar-refractivity contribution in [1.29, 1.82) is 0 Å². The molecule has 0 amide bonds. The Balaban J connectivity index is 2.12. The van der Waals surface area contributed by atoms with Crippen molar-refractivity contribution in [3.63, 3.8) is 0 Å². The zero-order valence-electron chi connectivity index (χ0n) is 9.03. The highest BCUT2D eigenvalue weighted by molar-refractivity contribution is 5.50. The molecule has 1 aliphatic heterocycles. The van der Waals surface area contributed by atoms with Gasteiger partial charge >= 0.3 is 0 Å². The van der Waals surface area contributed by atoms with Crippen LogP contribution in [0.2, 0.25) is 0 Å². The summed E-state index contributed by atoms with van der Waals surface area (Å²) in [6, 6.07) is 6.15. The summed E-state index contributed by atoms with van der Waals surface area (Å²) in [5.41, 5.74) is 1.99. The summed E-state index contributed by atoms with van der Waals surface area (Å²) in [7, 11) is 0. The summed E-state index contributed by atoms with van der Waals surface area (Å²) >= 11 is 0. The molecule has 1 aliphatic carbocycles. The van der Waals surface area contributed by atoms with Gasteiger partial charge in [-0.2, -0.15) is 4.99 Å². The van der Waals surface area contributed by atoms with Crippen LogP contribution in [0.5, 0.6) is 5.75 Å². The minimum absolute atomic E-state index is 0.336. The molecule has 82 valence electrons. The van der Waals surface area contributed by atoms with Crippen molar-refractivity contribution in [2.45, 2.75) is 31.2 Å². The molecule has 16 heavy (non-hydrogen) atoms. The van der Waals surface area contributed by atoms with Crippen LogP contribution in [0.15, 0.2) is 23.2 Å². The molecule has 0 radical (unpaired) electrons. The van der Waals surface area contributed by atoms with E-state index in [1.165, 1.54) is 5.56 Å². The highest BCUT2D eigenvalue weighted by Crippen LogP contribution is 2.49. The number of ether oxygens (including phenoxy) is 1. The topological polar surface area (TPSA) is 38.7 Å². The minimum atomic E-state index is -0.336. The van der Waals surface area contributed by atoms with Crippen LogP contribution in [0.4, 0.5) is 0 Å². The van der Waals surface area contributed by atoms with Crippen LogP contribution in [-0.2, 0) is 16.8 Å². The van der Waals surface area contributed by atoms with Crippen molar-refractivity contribution in [2.24, 2.45) is 4.99 Å². The first-order chi connectivity index (χ1) is 7.86. The lowest BCUT2D eigenvalue weighted by molar-refractivity contribution is 0.243. The first-order valence-corrected chi connectivity index (χ1v) is 5.70. The number of rotatable bonds is 2. The molecule has 2 aliphatic rings. The Morgan fingerprint density at radius 2 is 2.25 bits per heavy atom. The molecule has 3 heteroatoms. The summed E-state index contributed by atoms with van der Waals surface area (Å²) < 4.78 is 5.67. The molecule has 0 spiro atoms. The van der Waals surface area contributed by atoms with E-state index in [0.717, 1.165) is 43.6 Å². The Labute approximate surface area is 94.1 Å². The lowest BCUT2D eigenvalue weighted by Crippen LogP contribution is -2.32. The van der Waals surface area contributed by atoms with Gasteiger partial charge in [-0.1, -0.05) is 18.2 Å². The Morgan fingerprint density at radius 1 is 1.38 bits per heavy atom. The van der Waals surface area contributed by atoms with Gasteiger partial charge in [-0.25, -0.2) is 4.79 Å². The third-order valence-corrected chi connectivity index (χ3v) is 3.66. The second-order valence-corrected chi connectivity index (χ2v) is 4.48. The molecule has 0 aromatic heterocycles. The Morgan fingerprint density at radius 3 is 2.94 bits per heavy atom. The van der Waals surface area contributed by atoms with Gasteiger partial charge in [0.25, 0.3) is 0 Å². The molecule has 1 aromatic carbocycles. The number of hydrogen-bond donors (Lipinski definition) is 0. The summed E-state index contributed by atoms with van der Waals surface area (Å²) in [5, 5.41) is 0. The number of isocyanates is 1. The maximum atomic E-state index is 10.6. The fraction of sp³-hybridized carbons (Fsp3) is 0.462. The van der Waals surface area contributed by atoms with Crippen LogP contribution < -0.4 is 4.74 Å². The third kappa shape index (κ3) is 1.22. The zero-order chi connectivity index (χ0) is 11.0. The molecule has 0 N–H and O–H groups in total. The minimum Gasteiger partial charge on any atom is -0.493 e. The number of hydrogen-bond acceptors (Lipinski definition) is 3. The molecular formula is C13H13NO2. The van der Waals surface area contributed by atoms with Gasteiger partial charge in [-0.05, 0) is 24.8 Å². The summed E-state index contributed by atoms with van der Waals surface area (Å²) in [5.74, 6) is 0.959. The molecule has 1 heterocycles. The Kier molecular flexibility index (Phi) is 2.08. The van der Waals surface area contributed by atoms with Gasteiger partial charge in [-0.3, -0.25) is 0 Å². The number of nitrogens with zero attached hydrogens (tertiary/aromatic N) is 1. The van der Waals surface area contributed by atoms with Gasteiger partial charge < -0.3 is 4.74 Å². The summed E-state index contributed by atoms with van der Waals surface area (Å²) in [6.45, 7) is 0.743. The maximum Gasteiger partial charge on any atom is 0.235 e. The van der Waals surface area contributed by atoms with Crippen molar-refractivity contribution >= 4 is 6.08 Å². The first kappa shape index (κ1) is 9.61. The van der Waals surface area contributed by atoms with E-state index >= 15 is 0 Å². The van der Waals surface area contributed by atoms with Gasteiger partial charge in [0, 0.05) is 12.0 Å². The standard InChI is InChI=1S/C13H13NO2/c15-9-14-13(6-2-7-13)11-4-1-3-10-5-8-16-12(10)11/h1,3-4H,2,5-8H2. The van der Waals surface area contributed by atoms with Crippen molar-refractivity contribution < 1.29 is 9.53 Å². The second-order valence-electron chi connectivity index (χ2n) is 4.48. The number of aliphatic imine (C=N–C) groups is 1. The smallest absolute Gasteiger partial charge is 0.235 e. The van der Waals surface area contributed by atoms with Gasteiger partial charge in [0.2, 0.25) is 6.08 Å². The normalized spacial score (nSPS) is 20.2. The van der Waals surface area contributed by atoms with E-state index < -0.39 is 0 Å². The van der Waals surface area contributed by atoms with Gasteiger partial charge in [0.05, 0.1) is 6.61 Å². The maximum absolute atomic E-state index is 10.6. The fourth-order valence-corrected chi connectivity index (χ4v) is 2.62. The van der Waals surface area contributed by atoms with E-state index in [2.05, 4.69) is 11.1 Å². The van der Waals surface area contributed by atoms with Crippen molar-refractivity contribution in [3.05, 3.63) is 29.3 Å². The highest BCUT2D eigenvalue weighted by Gasteiger charge is 2.42. The lowest BCUT2D eigenvalue weighted by atomic mass is 9.71. The van der Waals surface area contributed by atoms with Crippen LogP contribution in [-0.4, -0.2) is 12.7 Å². The molecule has 3 nitrogen and oxygen atoms in total. The Hall–Kier alpha value is -1.60. The molecule has 0 bridgehead atoms. The molecule has 0 unspecified atom stereocenters. The highest BCUT2D eigenvalue weighted by atomic mass is 16.5.